The number of H-pyrrole nitrogens is 1. The minimum absolute atomic E-state index is 0.00595. The zero-order chi connectivity index (χ0) is 30.7. The molecule has 2 aromatic carbocycles. The summed E-state index contributed by atoms with van der Waals surface area (Å²) in [5, 5.41) is 26.8. The Labute approximate surface area is 264 Å². The SMILES string of the molecule is Cc1nc(C(=O)N2CCOC3(CCN(Cc4cccc(CCNCC(O)c5ccc(O)c6[nH]c(=O)sc56)c4)CC3)CC2)cs1. The van der Waals surface area contributed by atoms with E-state index in [-0.39, 0.29) is 22.1 Å². The number of carbonyl (C=O) groups is 1. The summed E-state index contributed by atoms with van der Waals surface area (Å²) in [6.07, 6.45) is 2.82. The van der Waals surface area contributed by atoms with E-state index in [1.165, 1.54) is 28.5 Å². The number of fused-ring (bicyclic) bond motifs is 1. The van der Waals surface area contributed by atoms with Crippen molar-refractivity contribution < 1.29 is 19.7 Å². The van der Waals surface area contributed by atoms with Crippen molar-refractivity contribution in [1.82, 2.24) is 25.1 Å². The number of aromatic hydroxyl groups is 1. The summed E-state index contributed by atoms with van der Waals surface area (Å²) in [5.41, 5.74) is 3.91. The van der Waals surface area contributed by atoms with Crippen molar-refractivity contribution in [2.45, 2.75) is 50.9 Å². The van der Waals surface area contributed by atoms with Crippen molar-refractivity contribution in [3.63, 3.8) is 0 Å². The Bertz CT molecular complexity index is 1660. The molecule has 2 aromatic heterocycles. The van der Waals surface area contributed by atoms with Gasteiger partial charge >= 0.3 is 4.87 Å². The number of thiazole rings is 2. The fraction of sp³-hybridized carbons (Fsp3) is 0.469. The molecule has 0 bridgehead atoms. The number of likely N-dealkylation sites (tertiary alicyclic amines) is 1. The van der Waals surface area contributed by atoms with Gasteiger partial charge in [0, 0.05) is 50.2 Å². The molecular formula is C32H39N5O5S2. The summed E-state index contributed by atoms with van der Waals surface area (Å²) >= 11 is 2.50. The van der Waals surface area contributed by atoms with Crippen molar-refractivity contribution in [2.75, 3.05) is 45.9 Å². The van der Waals surface area contributed by atoms with Crippen LogP contribution in [-0.4, -0.2) is 87.4 Å². The average Bonchev–Trinajstić information content (AvgIpc) is 3.57. The number of nitrogens with one attached hydrogen (secondary N) is 2. The lowest BCUT2D eigenvalue weighted by atomic mass is 9.87. The van der Waals surface area contributed by atoms with E-state index < -0.39 is 6.10 Å². The smallest absolute Gasteiger partial charge is 0.305 e. The largest absolute Gasteiger partial charge is 0.506 e. The number of aromatic amines is 1. The Kier molecular flexibility index (Phi) is 9.45. The number of benzene rings is 2. The number of rotatable bonds is 9. The number of amides is 1. The molecule has 6 rings (SSSR count). The van der Waals surface area contributed by atoms with Crippen molar-refractivity contribution in [3.8, 4) is 5.75 Å². The fourth-order valence-electron chi connectivity index (χ4n) is 6.26. The molecular weight excluding hydrogens is 599 g/mol. The number of aliphatic hydroxyl groups excluding tert-OH is 1. The van der Waals surface area contributed by atoms with E-state index >= 15 is 0 Å². The van der Waals surface area contributed by atoms with Crippen molar-refractivity contribution in [1.29, 1.82) is 0 Å². The summed E-state index contributed by atoms with van der Waals surface area (Å²) in [6, 6.07) is 11.8. The van der Waals surface area contributed by atoms with Crippen molar-refractivity contribution >= 4 is 38.8 Å². The summed E-state index contributed by atoms with van der Waals surface area (Å²) in [7, 11) is 0. The van der Waals surface area contributed by atoms with Crippen molar-refractivity contribution in [2.24, 2.45) is 0 Å². The zero-order valence-corrected chi connectivity index (χ0v) is 26.5. The van der Waals surface area contributed by atoms with E-state index in [1.54, 1.807) is 6.07 Å². The van der Waals surface area contributed by atoms with E-state index in [4.69, 9.17) is 4.74 Å². The van der Waals surface area contributed by atoms with Gasteiger partial charge in [0.25, 0.3) is 5.91 Å². The van der Waals surface area contributed by atoms with E-state index in [9.17, 15) is 19.8 Å². The summed E-state index contributed by atoms with van der Waals surface area (Å²) in [4.78, 5) is 35.8. The molecule has 1 spiro atoms. The highest BCUT2D eigenvalue weighted by Crippen LogP contribution is 2.33. The highest BCUT2D eigenvalue weighted by Gasteiger charge is 2.38. The number of hydrogen-bond acceptors (Lipinski definition) is 10. The van der Waals surface area contributed by atoms with Gasteiger partial charge in [-0.15, -0.1) is 11.3 Å². The van der Waals surface area contributed by atoms with Gasteiger partial charge in [0.05, 0.1) is 28.0 Å². The number of phenols is 1. The second-order valence-corrected chi connectivity index (χ2v) is 13.8. The van der Waals surface area contributed by atoms with Gasteiger partial charge < -0.3 is 30.2 Å². The molecule has 4 N–H and O–H groups in total. The third-order valence-electron chi connectivity index (χ3n) is 8.77. The van der Waals surface area contributed by atoms with E-state index in [2.05, 4.69) is 44.5 Å². The molecule has 4 heterocycles. The number of carbonyl (C=O) groups excluding carboxylic acids is 1. The maximum atomic E-state index is 12.9. The van der Waals surface area contributed by atoms with E-state index in [1.807, 2.05) is 17.2 Å². The molecule has 2 saturated heterocycles. The van der Waals surface area contributed by atoms with E-state index in [0.717, 1.165) is 61.7 Å². The van der Waals surface area contributed by atoms with Crippen LogP contribution in [0, 0.1) is 6.92 Å². The minimum Gasteiger partial charge on any atom is -0.506 e. The quantitative estimate of drug-likeness (QED) is 0.204. The van der Waals surface area contributed by atoms with Crippen LogP contribution in [0.15, 0.2) is 46.6 Å². The Morgan fingerprint density at radius 1 is 1.16 bits per heavy atom. The van der Waals surface area contributed by atoms with Crippen LogP contribution in [0.25, 0.3) is 10.2 Å². The van der Waals surface area contributed by atoms with Gasteiger partial charge in [0.2, 0.25) is 0 Å². The molecule has 44 heavy (non-hydrogen) atoms. The first-order valence-corrected chi connectivity index (χ1v) is 16.9. The van der Waals surface area contributed by atoms with Gasteiger partial charge in [0.1, 0.15) is 17.0 Å². The highest BCUT2D eigenvalue weighted by atomic mass is 32.1. The maximum Gasteiger partial charge on any atom is 0.305 e. The number of hydrogen-bond donors (Lipinski definition) is 4. The Morgan fingerprint density at radius 2 is 1.95 bits per heavy atom. The minimum atomic E-state index is -0.790. The van der Waals surface area contributed by atoms with Gasteiger partial charge in [0.15, 0.2) is 0 Å². The number of ether oxygens (including phenoxy) is 1. The Hall–Kier alpha value is -3.13. The summed E-state index contributed by atoms with van der Waals surface area (Å²) in [6.45, 7) is 7.66. The van der Waals surface area contributed by atoms with Crippen LogP contribution in [0.2, 0.25) is 0 Å². The molecule has 10 nitrogen and oxygen atoms in total. The maximum absolute atomic E-state index is 12.9. The fourth-order valence-corrected chi connectivity index (χ4v) is 7.76. The number of piperidine rings is 1. The molecule has 2 aliphatic rings. The molecule has 4 aromatic rings. The normalized spacial score (nSPS) is 18.1. The molecule has 2 aliphatic heterocycles. The molecule has 1 amide bonds. The number of aromatic nitrogens is 2. The third kappa shape index (κ3) is 7.06. The Balaban J connectivity index is 0.954. The van der Waals surface area contributed by atoms with Gasteiger partial charge in [-0.05, 0) is 56.3 Å². The van der Waals surface area contributed by atoms with Crippen LogP contribution in [0.1, 0.15) is 57.6 Å². The lowest BCUT2D eigenvalue weighted by Gasteiger charge is -2.41. The molecule has 1 unspecified atom stereocenters. The molecule has 0 aliphatic carbocycles. The topological polar surface area (TPSA) is 131 Å². The van der Waals surface area contributed by atoms with Crippen LogP contribution in [0.5, 0.6) is 5.75 Å². The predicted molar refractivity (Wildman–Crippen MR) is 173 cm³/mol. The lowest BCUT2D eigenvalue weighted by Crippen LogP contribution is -2.46. The average molecular weight is 638 g/mol. The monoisotopic (exact) mass is 637 g/mol. The molecule has 0 radical (unpaired) electrons. The molecule has 12 heteroatoms. The second-order valence-electron chi connectivity index (χ2n) is 11.8. The first-order valence-electron chi connectivity index (χ1n) is 15.2. The first-order chi connectivity index (χ1) is 21.3. The molecule has 1 atom stereocenters. The lowest BCUT2D eigenvalue weighted by molar-refractivity contribution is -0.0789. The highest BCUT2D eigenvalue weighted by molar-refractivity contribution is 7.16. The van der Waals surface area contributed by atoms with Gasteiger partial charge in [-0.2, -0.15) is 0 Å². The van der Waals surface area contributed by atoms with E-state index in [0.29, 0.717) is 54.3 Å². The van der Waals surface area contributed by atoms with Crippen molar-refractivity contribution in [3.05, 3.63) is 78.8 Å². The van der Waals surface area contributed by atoms with Gasteiger partial charge in [-0.1, -0.05) is 41.7 Å². The predicted octanol–water partition coefficient (Wildman–Crippen LogP) is 3.82. The number of aryl methyl sites for hydroxylation is 1. The molecule has 0 saturated carbocycles. The van der Waals surface area contributed by atoms with Gasteiger partial charge in [-0.3, -0.25) is 14.5 Å². The number of aliphatic hydroxyl groups is 1. The first kappa shape index (κ1) is 30.9. The zero-order valence-electron chi connectivity index (χ0n) is 24.9. The number of phenolic OH excluding ortho intramolecular Hbond substituents is 1. The van der Waals surface area contributed by atoms with Crippen LogP contribution >= 0.6 is 22.7 Å². The van der Waals surface area contributed by atoms with Crippen LogP contribution < -0.4 is 10.2 Å². The third-order valence-corrected chi connectivity index (χ3v) is 10.5. The number of nitrogens with zero attached hydrogens (tertiary/aromatic N) is 3. The standard InChI is InChI=1S/C32H39N5O5S2/c1-21-34-25(20-43-21)30(40)37-14-10-32(42-16-15-37)8-12-36(13-9-32)19-23-4-2-3-22(17-23)7-11-33-18-27(39)24-5-6-26(38)28-29(24)44-31(41)35-28/h2-6,17,20,27,33,38-39H,7-16,18-19H2,1H3,(H,35,41). The van der Waals surface area contributed by atoms with Crippen LogP contribution in [0.4, 0.5) is 0 Å². The molecule has 234 valence electrons. The Morgan fingerprint density at radius 3 is 2.75 bits per heavy atom. The molecule has 2 fully saturated rings. The van der Waals surface area contributed by atoms with Gasteiger partial charge in [-0.25, -0.2) is 4.98 Å². The van der Waals surface area contributed by atoms with Crippen LogP contribution in [-0.2, 0) is 17.7 Å². The van der Waals surface area contributed by atoms with Crippen LogP contribution in [0.3, 0.4) is 0 Å². The second kappa shape index (κ2) is 13.5. The summed E-state index contributed by atoms with van der Waals surface area (Å²) in [5.74, 6) is 0.0139. The summed E-state index contributed by atoms with van der Waals surface area (Å²) < 4.78 is 7.00.